The van der Waals surface area contributed by atoms with Gasteiger partial charge in [0.15, 0.2) is 0 Å². The minimum Gasteiger partial charge on any atom is -0.507 e. The fourth-order valence-corrected chi connectivity index (χ4v) is 8.75. The summed E-state index contributed by atoms with van der Waals surface area (Å²) in [5.41, 5.74) is 17.3. The molecule has 0 atom stereocenters. The Balaban J connectivity index is 0.00000592. The van der Waals surface area contributed by atoms with Crippen molar-refractivity contribution in [3.63, 3.8) is 0 Å². The van der Waals surface area contributed by atoms with Crippen molar-refractivity contribution in [2.75, 3.05) is 0 Å². The van der Waals surface area contributed by atoms with Crippen LogP contribution in [0.25, 0.3) is 83.9 Å². The number of aromatic hydroxyl groups is 1. The Hall–Kier alpha value is -6.35. The van der Waals surface area contributed by atoms with Crippen molar-refractivity contribution >= 4 is 11.0 Å². The summed E-state index contributed by atoms with van der Waals surface area (Å²) in [5, 5.41) is 12.1. The molecule has 7 aromatic carbocycles. The number of aromatic nitrogens is 3. The molecule has 0 aliphatic rings. The Morgan fingerprint density at radius 2 is 1.32 bits per heavy atom. The molecule has 0 fully saturated rings. The van der Waals surface area contributed by atoms with Crippen LogP contribution in [0, 0.1) is 18.9 Å². The zero-order valence-electron chi connectivity index (χ0n) is 39.5. The first-order valence-corrected chi connectivity index (χ1v) is 22.4. The number of phenols is 1. The Labute approximate surface area is 400 Å². The fraction of sp³-hybridized carbons (Fsp3) is 0.200. The Morgan fingerprint density at radius 3 is 2.00 bits per heavy atom. The number of rotatable bonds is 10. The predicted octanol–water partition coefficient (Wildman–Crippen LogP) is 15.9. The van der Waals surface area contributed by atoms with Crippen LogP contribution in [0.1, 0.15) is 78.0 Å². The zero-order chi connectivity index (χ0) is 45.6. The van der Waals surface area contributed by atoms with Gasteiger partial charge in [-0.25, -0.2) is 4.98 Å². The molecule has 0 saturated carbocycles. The number of nitrogens with zero attached hydrogens (tertiary/aromatic N) is 3. The number of fused-ring (bicyclic) bond motifs is 1. The fourth-order valence-electron chi connectivity index (χ4n) is 8.75. The second kappa shape index (κ2) is 18.6. The first-order chi connectivity index (χ1) is 31.1. The average Bonchev–Trinajstić information content (AvgIpc) is 3.69. The summed E-state index contributed by atoms with van der Waals surface area (Å²) in [5.74, 6) is 0.706. The summed E-state index contributed by atoms with van der Waals surface area (Å²) in [7, 11) is 0. The summed E-state index contributed by atoms with van der Waals surface area (Å²) >= 11 is 0. The van der Waals surface area contributed by atoms with Crippen molar-refractivity contribution in [2.24, 2.45) is 5.92 Å². The molecule has 0 unspecified atom stereocenters. The molecule has 5 heteroatoms. The van der Waals surface area contributed by atoms with E-state index in [0.717, 1.165) is 95.6 Å². The normalized spacial score (nSPS) is 12.0. The van der Waals surface area contributed by atoms with E-state index in [9.17, 15) is 5.11 Å². The molecular formula is C60H56N3OPt-. The second-order valence-electron chi connectivity index (χ2n) is 18.8. The molecule has 0 radical (unpaired) electrons. The van der Waals surface area contributed by atoms with E-state index < -0.39 is 5.89 Å². The van der Waals surface area contributed by atoms with Crippen molar-refractivity contribution in [3.8, 4) is 78.6 Å². The topological polar surface area (TPSA) is 50.9 Å². The third-order valence-electron chi connectivity index (χ3n) is 12.2. The maximum Gasteiger partial charge on any atom is 0.148 e. The number of phenolic OH excluding ortho intramolecular Hbond substituents is 1. The first kappa shape index (κ1) is 43.9. The summed E-state index contributed by atoms with van der Waals surface area (Å²) in [4.78, 5) is 10.5. The molecule has 0 saturated heterocycles. The van der Waals surface area contributed by atoms with Gasteiger partial charge in [-0.05, 0) is 105 Å². The van der Waals surface area contributed by atoms with Gasteiger partial charge in [0.05, 0.1) is 22.3 Å². The summed E-state index contributed by atoms with van der Waals surface area (Å²) in [6, 6.07) is 59.0. The van der Waals surface area contributed by atoms with E-state index in [0.29, 0.717) is 17.3 Å². The molecule has 0 aliphatic carbocycles. The quantitative estimate of drug-likeness (QED) is 0.139. The van der Waals surface area contributed by atoms with E-state index in [1.807, 2.05) is 51.2 Å². The van der Waals surface area contributed by atoms with Gasteiger partial charge >= 0.3 is 0 Å². The minimum absolute atomic E-state index is 0. The smallest absolute Gasteiger partial charge is 0.148 e. The average molecular weight is 1030 g/mol. The van der Waals surface area contributed by atoms with Crippen LogP contribution < -0.4 is 0 Å². The number of pyridine rings is 1. The van der Waals surface area contributed by atoms with Gasteiger partial charge < -0.3 is 5.11 Å². The van der Waals surface area contributed by atoms with Crippen molar-refractivity contribution in [1.82, 2.24) is 14.5 Å². The second-order valence-corrected chi connectivity index (χ2v) is 18.8. The Morgan fingerprint density at radius 1 is 0.646 bits per heavy atom. The number of benzene rings is 7. The predicted molar refractivity (Wildman–Crippen MR) is 268 cm³/mol. The van der Waals surface area contributed by atoms with Crippen molar-refractivity contribution in [3.05, 3.63) is 192 Å². The van der Waals surface area contributed by atoms with E-state index in [1.165, 1.54) is 5.56 Å². The number of para-hydroxylation sites is 1. The van der Waals surface area contributed by atoms with Gasteiger partial charge in [-0.15, -0.1) is 23.8 Å². The van der Waals surface area contributed by atoms with Crippen LogP contribution >= 0.6 is 0 Å². The number of imidazole rings is 1. The van der Waals surface area contributed by atoms with Gasteiger partial charge in [-0.1, -0.05) is 180 Å². The molecule has 0 bridgehead atoms. The van der Waals surface area contributed by atoms with Gasteiger partial charge in [-0.3, -0.25) is 9.55 Å². The zero-order valence-corrected chi connectivity index (χ0v) is 40.8. The van der Waals surface area contributed by atoms with E-state index in [1.54, 1.807) is 0 Å². The minimum atomic E-state index is -0.678. The van der Waals surface area contributed by atoms with E-state index in [2.05, 4.69) is 179 Å². The molecule has 2 aromatic heterocycles. The molecule has 0 spiro atoms. The summed E-state index contributed by atoms with van der Waals surface area (Å²) in [6.45, 7) is 16.9. The molecule has 328 valence electrons. The largest absolute Gasteiger partial charge is 0.507 e. The SMILES string of the molecule is [2H]C(C)(C)c1ccc(-c2ccnc(-c3[c-]c(-c4cccc5c4nc(-c4cc(C(C)(C)C)cc(C)c4O)n5-c4ccc(CC(C)C)cc4-c4ccccc4)cc(-c4ccccc4)c3)c2)cc1.[Pt]. The van der Waals surface area contributed by atoms with Gasteiger partial charge in [-0.2, -0.15) is 0 Å². The Kier molecular flexibility index (Phi) is 12.6. The van der Waals surface area contributed by atoms with Crippen molar-refractivity contribution in [2.45, 2.75) is 73.1 Å². The van der Waals surface area contributed by atoms with Gasteiger partial charge in [0.2, 0.25) is 0 Å². The number of hydrogen-bond acceptors (Lipinski definition) is 3. The van der Waals surface area contributed by atoms with Gasteiger partial charge in [0, 0.05) is 39.9 Å². The molecule has 0 aliphatic heterocycles. The molecule has 65 heavy (non-hydrogen) atoms. The molecular weight excluding hydrogens is 974 g/mol. The van der Waals surface area contributed by atoms with E-state index in [-0.39, 0.29) is 32.2 Å². The van der Waals surface area contributed by atoms with Crippen LogP contribution in [-0.4, -0.2) is 19.6 Å². The van der Waals surface area contributed by atoms with E-state index in [4.69, 9.17) is 11.3 Å². The molecule has 1 N–H and O–H groups in total. The summed E-state index contributed by atoms with van der Waals surface area (Å²) < 4.78 is 10.8. The molecule has 9 aromatic rings. The van der Waals surface area contributed by atoms with Crippen molar-refractivity contribution in [1.29, 1.82) is 0 Å². The van der Waals surface area contributed by atoms with Crippen LogP contribution in [0.5, 0.6) is 5.75 Å². The molecule has 2 heterocycles. The van der Waals surface area contributed by atoms with E-state index >= 15 is 0 Å². The van der Waals surface area contributed by atoms with Gasteiger partial charge in [0.1, 0.15) is 11.6 Å². The van der Waals surface area contributed by atoms with Crippen LogP contribution in [0.15, 0.2) is 164 Å². The number of hydrogen-bond donors (Lipinski definition) is 1. The van der Waals surface area contributed by atoms with Crippen molar-refractivity contribution < 1.29 is 27.5 Å². The maximum atomic E-state index is 12.1. The molecule has 4 nitrogen and oxygen atoms in total. The Bertz CT molecular complexity index is 3180. The van der Waals surface area contributed by atoms with Crippen LogP contribution in [0.2, 0.25) is 0 Å². The number of aryl methyl sites for hydroxylation is 1. The standard InChI is InChI=1S/C60H56N3O.Pt/c1-38(2)30-41-22-27-55(52(32-41)45-18-13-10-14-19-45)63-56-21-15-20-51(57(56)62-59(63)53-37-50(60(6,7)8)31-40(5)58(53)64)48-33-47(43-16-11-9-12-17-43)34-49(35-48)54-36-46(28-29-61-54)44-25-23-42(24-26-44)39(3)4;/h9-29,31-34,36-39,64H,30H2,1-8H3;/q-1;/i39D;. The van der Waals surface area contributed by atoms with Crippen LogP contribution in [-0.2, 0) is 32.9 Å². The molecule has 9 rings (SSSR count). The first-order valence-electron chi connectivity index (χ1n) is 22.9. The molecule has 0 amide bonds. The third kappa shape index (κ3) is 9.29. The third-order valence-corrected chi connectivity index (χ3v) is 12.2. The maximum absolute atomic E-state index is 12.1. The van der Waals surface area contributed by atoms with Crippen LogP contribution in [0.4, 0.5) is 0 Å². The van der Waals surface area contributed by atoms with Crippen LogP contribution in [0.3, 0.4) is 0 Å². The van der Waals surface area contributed by atoms with Gasteiger partial charge in [0.25, 0.3) is 0 Å². The monoisotopic (exact) mass is 1030 g/mol. The summed E-state index contributed by atoms with van der Waals surface area (Å²) in [6.07, 6.45) is 2.82.